The van der Waals surface area contributed by atoms with Crippen LogP contribution in [0, 0.1) is 0 Å². The molecule has 1 aliphatic carbocycles. The Labute approximate surface area is 60.5 Å². The monoisotopic (exact) mass is 130 g/mol. The minimum Gasteiger partial charge on any atom is -0.0918 e. The predicted molar refractivity (Wildman–Crippen MR) is 43.9 cm³/mol. The molecule has 0 bridgehead atoms. The summed E-state index contributed by atoms with van der Waals surface area (Å²) in [5, 5.41) is 2.51. The molecule has 0 aromatic heterocycles. The number of benzene rings is 1. The Morgan fingerprint density at radius 1 is 1.00 bits per heavy atom. The van der Waals surface area contributed by atoms with Gasteiger partial charge < -0.3 is 0 Å². The number of rotatable bonds is 0. The van der Waals surface area contributed by atoms with Crippen molar-refractivity contribution in [3.8, 4) is 0 Å². The molecule has 0 nitrogen and oxygen atoms in total. The summed E-state index contributed by atoms with van der Waals surface area (Å²) in [6, 6.07) is 8.46. The molecule has 0 heteroatoms. The van der Waals surface area contributed by atoms with E-state index in [0.29, 0.717) is 0 Å². The highest BCUT2D eigenvalue weighted by atomic mass is 14.1. The van der Waals surface area contributed by atoms with Crippen molar-refractivity contribution in [1.29, 1.82) is 0 Å². The normalized spacial score (nSPS) is 15.4. The SMILES string of the molecule is C=c1ccc(=C2CC2)cc1. The first-order valence-corrected chi connectivity index (χ1v) is 3.63. The summed E-state index contributed by atoms with van der Waals surface area (Å²) in [6.45, 7) is 3.83. The molecule has 2 rings (SSSR count). The van der Waals surface area contributed by atoms with E-state index in [1.54, 1.807) is 5.57 Å². The average Bonchev–Trinajstić information content (AvgIpc) is 2.71. The van der Waals surface area contributed by atoms with E-state index < -0.39 is 0 Å². The quantitative estimate of drug-likeness (QED) is 0.492. The lowest BCUT2D eigenvalue weighted by Crippen LogP contribution is -2.04. The fraction of sp³-hybridized carbons (Fsp3) is 0.200. The van der Waals surface area contributed by atoms with Crippen molar-refractivity contribution in [2.24, 2.45) is 0 Å². The lowest BCUT2D eigenvalue weighted by Gasteiger charge is -1.82. The number of hydrogen-bond donors (Lipinski definition) is 0. The zero-order valence-electron chi connectivity index (χ0n) is 5.93. The summed E-state index contributed by atoms with van der Waals surface area (Å²) < 4.78 is 0. The van der Waals surface area contributed by atoms with E-state index in [4.69, 9.17) is 0 Å². The van der Waals surface area contributed by atoms with Crippen LogP contribution in [0.15, 0.2) is 24.3 Å². The smallest absolute Gasteiger partial charge is 0.0264 e. The van der Waals surface area contributed by atoms with Crippen molar-refractivity contribution in [2.75, 3.05) is 0 Å². The minimum atomic E-state index is 1.10. The maximum atomic E-state index is 3.83. The first-order valence-electron chi connectivity index (χ1n) is 3.63. The van der Waals surface area contributed by atoms with Crippen molar-refractivity contribution in [2.45, 2.75) is 12.8 Å². The van der Waals surface area contributed by atoms with E-state index in [9.17, 15) is 0 Å². The van der Waals surface area contributed by atoms with Crippen molar-refractivity contribution < 1.29 is 0 Å². The van der Waals surface area contributed by atoms with Gasteiger partial charge in [-0.2, -0.15) is 0 Å². The highest BCUT2D eigenvalue weighted by molar-refractivity contribution is 5.57. The van der Waals surface area contributed by atoms with Crippen LogP contribution in [-0.4, -0.2) is 0 Å². The Kier molecular flexibility index (Phi) is 1.13. The number of hydrogen-bond acceptors (Lipinski definition) is 0. The summed E-state index contributed by atoms with van der Waals surface area (Å²) in [5.41, 5.74) is 1.60. The standard InChI is InChI=1S/C10H10/c1-8-2-4-9(5-3-8)10-6-7-10/h2-5H,1,6-7H2. The van der Waals surface area contributed by atoms with E-state index in [-0.39, 0.29) is 0 Å². The van der Waals surface area contributed by atoms with Gasteiger partial charge in [-0.3, -0.25) is 0 Å². The molecule has 0 heterocycles. The fourth-order valence-corrected chi connectivity index (χ4v) is 1.09. The summed E-state index contributed by atoms with van der Waals surface area (Å²) in [6.07, 6.45) is 2.60. The molecule has 1 aliphatic rings. The summed E-state index contributed by atoms with van der Waals surface area (Å²) >= 11 is 0. The van der Waals surface area contributed by atoms with Crippen molar-refractivity contribution >= 4 is 12.2 Å². The van der Waals surface area contributed by atoms with E-state index in [1.807, 2.05) is 0 Å². The van der Waals surface area contributed by atoms with Gasteiger partial charge >= 0.3 is 0 Å². The van der Waals surface area contributed by atoms with Crippen LogP contribution in [0.1, 0.15) is 12.8 Å². The van der Waals surface area contributed by atoms with E-state index >= 15 is 0 Å². The van der Waals surface area contributed by atoms with Crippen LogP contribution in [-0.2, 0) is 0 Å². The molecule has 1 saturated carbocycles. The van der Waals surface area contributed by atoms with Gasteiger partial charge in [-0.1, -0.05) is 36.4 Å². The van der Waals surface area contributed by atoms with Gasteiger partial charge in [0.2, 0.25) is 0 Å². The molecule has 1 aromatic rings. The summed E-state index contributed by atoms with van der Waals surface area (Å²) in [7, 11) is 0. The second-order valence-electron chi connectivity index (χ2n) is 2.80. The molecule has 0 saturated heterocycles. The molecule has 0 atom stereocenters. The van der Waals surface area contributed by atoms with E-state index in [2.05, 4.69) is 30.8 Å². The highest BCUT2D eigenvalue weighted by Gasteiger charge is 2.10. The maximum absolute atomic E-state index is 3.83. The minimum absolute atomic E-state index is 1.10. The molecule has 0 amide bonds. The third-order valence-electron chi connectivity index (χ3n) is 1.86. The van der Waals surface area contributed by atoms with E-state index in [0.717, 1.165) is 5.22 Å². The fourth-order valence-electron chi connectivity index (χ4n) is 1.09. The molecule has 0 radical (unpaired) electrons. The third-order valence-corrected chi connectivity index (χ3v) is 1.86. The molecule has 0 spiro atoms. The van der Waals surface area contributed by atoms with Gasteiger partial charge in [0.1, 0.15) is 0 Å². The Bertz CT molecular complexity index is 317. The molecule has 50 valence electrons. The Morgan fingerprint density at radius 3 is 2.10 bits per heavy atom. The lowest BCUT2D eigenvalue weighted by atomic mass is 10.2. The van der Waals surface area contributed by atoms with Gasteiger partial charge in [0, 0.05) is 0 Å². The van der Waals surface area contributed by atoms with Crippen molar-refractivity contribution in [1.82, 2.24) is 0 Å². The lowest BCUT2D eigenvalue weighted by molar-refractivity contribution is 1.50. The highest BCUT2D eigenvalue weighted by Crippen LogP contribution is 2.27. The Balaban J connectivity index is 2.67. The Hall–Kier alpha value is -1.04. The summed E-state index contributed by atoms with van der Waals surface area (Å²) in [4.78, 5) is 0. The largest absolute Gasteiger partial charge is 0.0918 e. The van der Waals surface area contributed by atoms with Gasteiger partial charge in [0.05, 0.1) is 0 Å². The first kappa shape index (κ1) is 5.72. The van der Waals surface area contributed by atoms with Gasteiger partial charge in [0.15, 0.2) is 0 Å². The second kappa shape index (κ2) is 1.98. The molecule has 1 fully saturated rings. The average molecular weight is 130 g/mol. The Morgan fingerprint density at radius 2 is 1.60 bits per heavy atom. The topological polar surface area (TPSA) is 0 Å². The van der Waals surface area contributed by atoms with Crippen LogP contribution >= 0.6 is 0 Å². The maximum Gasteiger partial charge on any atom is -0.0264 e. The summed E-state index contributed by atoms with van der Waals surface area (Å²) in [5.74, 6) is 0. The third kappa shape index (κ3) is 0.971. The van der Waals surface area contributed by atoms with Crippen molar-refractivity contribution in [3.63, 3.8) is 0 Å². The molecule has 0 N–H and O–H groups in total. The van der Waals surface area contributed by atoms with Gasteiger partial charge in [-0.25, -0.2) is 0 Å². The van der Waals surface area contributed by atoms with Gasteiger partial charge in [-0.15, -0.1) is 0 Å². The van der Waals surface area contributed by atoms with Crippen LogP contribution in [0.4, 0.5) is 0 Å². The first-order chi connectivity index (χ1) is 4.86. The van der Waals surface area contributed by atoms with Crippen LogP contribution in [0.25, 0.3) is 12.2 Å². The molecule has 1 aromatic carbocycles. The predicted octanol–water partition coefficient (Wildman–Crippen LogP) is 1.04. The van der Waals surface area contributed by atoms with Crippen LogP contribution in [0.3, 0.4) is 0 Å². The van der Waals surface area contributed by atoms with Crippen molar-refractivity contribution in [3.05, 3.63) is 34.7 Å². The van der Waals surface area contributed by atoms with Gasteiger partial charge in [-0.05, 0) is 23.3 Å². The van der Waals surface area contributed by atoms with E-state index in [1.165, 1.54) is 18.1 Å². The van der Waals surface area contributed by atoms with Crippen LogP contribution < -0.4 is 10.4 Å². The van der Waals surface area contributed by atoms with Crippen LogP contribution in [0.5, 0.6) is 0 Å². The molecular weight excluding hydrogens is 120 g/mol. The molecule has 0 aliphatic heterocycles. The zero-order chi connectivity index (χ0) is 6.97. The molecule has 0 unspecified atom stereocenters. The molecule has 10 heavy (non-hydrogen) atoms. The van der Waals surface area contributed by atoms with Gasteiger partial charge in [0.25, 0.3) is 0 Å². The molecular formula is C10H10. The zero-order valence-corrected chi connectivity index (χ0v) is 5.93. The van der Waals surface area contributed by atoms with Crippen LogP contribution in [0.2, 0.25) is 0 Å². The second-order valence-corrected chi connectivity index (χ2v) is 2.80.